The van der Waals surface area contributed by atoms with Crippen molar-refractivity contribution in [3.63, 3.8) is 0 Å². The van der Waals surface area contributed by atoms with Gasteiger partial charge in [0.15, 0.2) is 0 Å². The fourth-order valence-electron chi connectivity index (χ4n) is 2.83. The molecule has 1 aliphatic rings. The van der Waals surface area contributed by atoms with E-state index in [0.29, 0.717) is 18.4 Å². The van der Waals surface area contributed by atoms with Crippen LogP contribution < -0.4 is 0 Å². The third-order valence-electron chi connectivity index (χ3n) is 4.00. The van der Waals surface area contributed by atoms with Crippen molar-refractivity contribution in [2.75, 3.05) is 0 Å². The number of hydrogen-bond donors (Lipinski definition) is 1. The number of aliphatic hydroxyl groups is 1. The summed E-state index contributed by atoms with van der Waals surface area (Å²) in [6.45, 7) is 0. The van der Waals surface area contributed by atoms with Crippen LogP contribution in [0, 0.1) is 22.6 Å². The van der Waals surface area contributed by atoms with Crippen LogP contribution in [-0.2, 0) is 0 Å². The first-order valence-corrected chi connectivity index (χ1v) is 7.01. The van der Waals surface area contributed by atoms with E-state index in [1.54, 1.807) is 0 Å². The van der Waals surface area contributed by atoms with E-state index in [4.69, 9.17) is 11.6 Å². The van der Waals surface area contributed by atoms with Gasteiger partial charge in [0.2, 0.25) is 0 Å². The SMILES string of the molecule is N#CC1(C(O)c2ccc(F)cc2Cl)CCCCCC1. The predicted molar refractivity (Wildman–Crippen MR) is 72.1 cm³/mol. The highest BCUT2D eigenvalue weighted by Gasteiger charge is 2.40. The lowest BCUT2D eigenvalue weighted by Crippen LogP contribution is -2.27. The normalized spacial score (nSPS) is 20.3. The molecular formula is C15H17ClFNO. The molecule has 0 bridgehead atoms. The van der Waals surface area contributed by atoms with Crippen LogP contribution in [0.15, 0.2) is 18.2 Å². The second-order valence-corrected chi connectivity index (χ2v) is 5.66. The van der Waals surface area contributed by atoms with Crippen LogP contribution in [-0.4, -0.2) is 5.11 Å². The van der Waals surface area contributed by atoms with Gasteiger partial charge < -0.3 is 5.11 Å². The second-order valence-electron chi connectivity index (χ2n) is 5.25. The molecule has 4 heteroatoms. The molecule has 0 spiro atoms. The molecule has 0 heterocycles. The molecule has 0 radical (unpaired) electrons. The first kappa shape index (κ1) is 14.3. The van der Waals surface area contributed by atoms with Crippen LogP contribution in [0.3, 0.4) is 0 Å². The van der Waals surface area contributed by atoms with Crippen molar-refractivity contribution in [2.45, 2.75) is 44.6 Å². The molecule has 1 aromatic rings. The molecule has 0 aromatic heterocycles. The van der Waals surface area contributed by atoms with Crippen molar-refractivity contribution in [3.05, 3.63) is 34.6 Å². The molecule has 102 valence electrons. The lowest BCUT2D eigenvalue weighted by atomic mass is 9.74. The molecule has 2 rings (SSSR count). The molecule has 19 heavy (non-hydrogen) atoms. The highest BCUT2D eigenvalue weighted by molar-refractivity contribution is 6.31. The number of rotatable bonds is 2. The van der Waals surface area contributed by atoms with E-state index in [9.17, 15) is 14.8 Å². The van der Waals surface area contributed by atoms with Crippen LogP contribution in [0.1, 0.15) is 50.2 Å². The van der Waals surface area contributed by atoms with E-state index in [-0.39, 0.29) is 5.02 Å². The number of nitriles is 1. The van der Waals surface area contributed by atoms with Crippen molar-refractivity contribution < 1.29 is 9.50 Å². The molecule has 0 saturated heterocycles. The molecule has 2 nitrogen and oxygen atoms in total. The Balaban J connectivity index is 2.34. The standard InChI is InChI=1S/C15H17ClFNO/c16-13-9-11(17)5-6-12(13)14(19)15(10-18)7-3-1-2-4-8-15/h5-6,9,14,19H,1-4,7-8H2. The molecule has 1 aromatic carbocycles. The van der Waals surface area contributed by atoms with Crippen molar-refractivity contribution in [1.29, 1.82) is 5.26 Å². The summed E-state index contributed by atoms with van der Waals surface area (Å²) in [5.41, 5.74) is -0.343. The van der Waals surface area contributed by atoms with Gasteiger partial charge in [-0.25, -0.2) is 4.39 Å². The van der Waals surface area contributed by atoms with Gasteiger partial charge in [0.05, 0.1) is 17.6 Å². The quantitative estimate of drug-likeness (QED) is 0.818. The number of aliphatic hydroxyl groups excluding tert-OH is 1. The van der Waals surface area contributed by atoms with Gasteiger partial charge in [-0.1, -0.05) is 43.4 Å². The highest BCUT2D eigenvalue weighted by atomic mass is 35.5. The van der Waals surface area contributed by atoms with Crippen LogP contribution in [0.5, 0.6) is 0 Å². The average Bonchev–Trinajstić information content (AvgIpc) is 2.64. The molecule has 1 saturated carbocycles. The Morgan fingerprint density at radius 2 is 1.89 bits per heavy atom. The Kier molecular flexibility index (Phi) is 4.44. The van der Waals surface area contributed by atoms with Gasteiger partial charge in [0.1, 0.15) is 5.82 Å². The molecule has 1 fully saturated rings. The summed E-state index contributed by atoms with van der Waals surface area (Å²) in [5, 5.41) is 20.3. The summed E-state index contributed by atoms with van der Waals surface area (Å²) < 4.78 is 13.1. The zero-order valence-corrected chi connectivity index (χ0v) is 11.5. The zero-order chi connectivity index (χ0) is 13.9. The van der Waals surface area contributed by atoms with E-state index in [1.807, 2.05) is 0 Å². The first-order valence-electron chi connectivity index (χ1n) is 6.63. The zero-order valence-electron chi connectivity index (χ0n) is 10.7. The van der Waals surface area contributed by atoms with Gasteiger partial charge in [-0.3, -0.25) is 0 Å². The third-order valence-corrected chi connectivity index (χ3v) is 4.33. The van der Waals surface area contributed by atoms with E-state index >= 15 is 0 Å². The summed E-state index contributed by atoms with van der Waals surface area (Å²) in [7, 11) is 0. The van der Waals surface area contributed by atoms with E-state index in [2.05, 4.69) is 6.07 Å². The minimum absolute atomic E-state index is 0.186. The molecule has 1 unspecified atom stereocenters. The van der Waals surface area contributed by atoms with Gasteiger partial charge in [0.25, 0.3) is 0 Å². The molecule has 1 atom stereocenters. The molecule has 1 aliphatic carbocycles. The maximum Gasteiger partial charge on any atom is 0.124 e. The van der Waals surface area contributed by atoms with E-state index in [1.165, 1.54) is 18.2 Å². The fraction of sp³-hybridized carbons (Fsp3) is 0.533. The van der Waals surface area contributed by atoms with Gasteiger partial charge in [-0.15, -0.1) is 0 Å². The second kappa shape index (κ2) is 5.90. The van der Waals surface area contributed by atoms with Crippen LogP contribution in [0.2, 0.25) is 5.02 Å². The highest BCUT2D eigenvalue weighted by Crippen LogP contribution is 2.46. The minimum Gasteiger partial charge on any atom is -0.387 e. The van der Waals surface area contributed by atoms with Gasteiger partial charge in [0, 0.05) is 10.6 Å². The minimum atomic E-state index is -0.955. The topological polar surface area (TPSA) is 44.0 Å². The maximum atomic E-state index is 13.1. The lowest BCUT2D eigenvalue weighted by Gasteiger charge is -2.31. The smallest absolute Gasteiger partial charge is 0.124 e. The summed E-state index contributed by atoms with van der Waals surface area (Å²) in [4.78, 5) is 0. The van der Waals surface area contributed by atoms with Crippen molar-refractivity contribution in [1.82, 2.24) is 0 Å². The third kappa shape index (κ3) is 2.91. The maximum absolute atomic E-state index is 13.1. The predicted octanol–water partition coefficient (Wildman–Crippen LogP) is 4.38. The fourth-order valence-corrected chi connectivity index (χ4v) is 3.10. The number of nitrogens with zero attached hydrogens (tertiary/aromatic N) is 1. The Labute approximate surface area is 117 Å². The Hall–Kier alpha value is -1.11. The van der Waals surface area contributed by atoms with Crippen LogP contribution >= 0.6 is 11.6 Å². The average molecular weight is 282 g/mol. The summed E-state index contributed by atoms with van der Waals surface area (Å²) in [6, 6.07) is 6.23. The number of benzene rings is 1. The number of halogens is 2. The van der Waals surface area contributed by atoms with Crippen LogP contribution in [0.4, 0.5) is 4.39 Å². The molecule has 0 amide bonds. The van der Waals surface area contributed by atoms with Crippen LogP contribution in [0.25, 0.3) is 0 Å². The van der Waals surface area contributed by atoms with Gasteiger partial charge >= 0.3 is 0 Å². The monoisotopic (exact) mass is 281 g/mol. The Bertz CT molecular complexity index is 489. The summed E-state index contributed by atoms with van der Waals surface area (Å²) >= 11 is 5.99. The largest absolute Gasteiger partial charge is 0.387 e. The first-order chi connectivity index (χ1) is 9.09. The Morgan fingerprint density at radius 3 is 2.42 bits per heavy atom. The van der Waals surface area contributed by atoms with E-state index in [0.717, 1.165) is 25.7 Å². The molecule has 1 N–H and O–H groups in total. The molecular weight excluding hydrogens is 265 g/mol. The van der Waals surface area contributed by atoms with E-state index < -0.39 is 17.3 Å². The summed E-state index contributed by atoms with van der Waals surface area (Å²) in [5.74, 6) is -0.437. The summed E-state index contributed by atoms with van der Waals surface area (Å²) in [6.07, 6.45) is 4.42. The Morgan fingerprint density at radius 1 is 1.26 bits per heavy atom. The van der Waals surface area contributed by atoms with Crippen molar-refractivity contribution >= 4 is 11.6 Å². The lowest BCUT2D eigenvalue weighted by molar-refractivity contribution is 0.0517. The van der Waals surface area contributed by atoms with Gasteiger partial charge in [-0.2, -0.15) is 5.26 Å². The van der Waals surface area contributed by atoms with Crippen molar-refractivity contribution in [3.8, 4) is 6.07 Å². The van der Waals surface area contributed by atoms with Crippen molar-refractivity contribution in [2.24, 2.45) is 5.41 Å². The van der Waals surface area contributed by atoms with Gasteiger partial charge in [-0.05, 0) is 25.0 Å². The number of hydrogen-bond acceptors (Lipinski definition) is 2. The molecule has 0 aliphatic heterocycles.